The zero-order chi connectivity index (χ0) is 25.2. The van der Waals surface area contributed by atoms with E-state index in [1.807, 2.05) is 66.7 Å². The Kier molecular flexibility index (Phi) is 6.45. The Labute approximate surface area is 219 Å². The average Bonchev–Trinajstić information content (AvgIpc) is 3.48. The number of carbonyl (C=O) groups excluding carboxylic acids is 2. The van der Waals surface area contributed by atoms with Crippen molar-refractivity contribution in [3.63, 3.8) is 0 Å². The quantitative estimate of drug-likeness (QED) is 0.194. The van der Waals surface area contributed by atoms with Crippen LogP contribution in [-0.2, 0) is 17.6 Å². The fraction of sp³-hybridized carbons (Fsp3) is 0.200. The van der Waals surface area contributed by atoms with Crippen molar-refractivity contribution in [2.24, 2.45) is 10.2 Å². The SMILES string of the molecule is O=C(CC1SC(=NN=Cc2c(-c3ccccc3)[nH]c3ccccc23)NC1=O)c1ccc2c(c1)CCCC2. The minimum absolute atomic E-state index is 0.0166. The van der Waals surface area contributed by atoms with Gasteiger partial charge in [-0.25, -0.2) is 0 Å². The van der Waals surface area contributed by atoms with Crippen LogP contribution in [0.4, 0.5) is 0 Å². The fourth-order valence-electron chi connectivity index (χ4n) is 5.05. The Balaban J connectivity index is 1.18. The number of hydrogen-bond donors (Lipinski definition) is 2. The zero-order valence-electron chi connectivity index (χ0n) is 20.2. The number of carbonyl (C=O) groups is 2. The summed E-state index contributed by atoms with van der Waals surface area (Å²) in [6, 6.07) is 24.1. The van der Waals surface area contributed by atoms with Crippen molar-refractivity contribution < 1.29 is 9.59 Å². The number of Topliss-reactive ketones (excluding diaryl/α,β-unsaturated/α-hetero) is 1. The molecule has 0 bridgehead atoms. The number of nitrogens with one attached hydrogen (secondary N) is 2. The van der Waals surface area contributed by atoms with Gasteiger partial charge in [0.25, 0.3) is 0 Å². The molecule has 1 aromatic heterocycles. The molecule has 6 nitrogen and oxygen atoms in total. The van der Waals surface area contributed by atoms with E-state index >= 15 is 0 Å². The third kappa shape index (κ3) is 4.87. The lowest BCUT2D eigenvalue weighted by atomic mass is 9.89. The first-order chi connectivity index (χ1) is 18.2. The normalized spacial score (nSPS) is 18.4. The van der Waals surface area contributed by atoms with Crippen molar-refractivity contribution in [1.82, 2.24) is 10.3 Å². The first-order valence-corrected chi connectivity index (χ1v) is 13.4. The van der Waals surface area contributed by atoms with Crippen LogP contribution < -0.4 is 5.32 Å². The molecule has 6 rings (SSSR count). The number of H-pyrrole nitrogens is 1. The van der Waals surface area contributed by atoms with E-state index in [4.69, 9.17) is 0 Å². The number of amides is 1. The standard InChI is InChI=1S/C30H26N4O2S/c35-26(22-15-14-19-8-4-5-11-21(19)16-22)17-27-29(36)33-30(37-27)34-31-18-24-23-12-6-7-13-25(23)32-28(24)20-9-2-1-3-10-20/h1-3,6-7,9-10,12-16,18,27,32H,4-5,8,11,17H2,(H,33,34,36). The molecule has 1 unspecified atom stereocenters. The molecule has 2 heterocycles. The van der Waals surface area contributed by atoms with Crippen LogP contribution in [0.15, 0.2) is 83.0 Å². The molecular weight excluding hydrogens is 480 g/mol. The molecule has 1 saturated heterocycles. The minimum Gasteiger partial charge on any atom is -0.354 e. The lowest BCUT2D eigenvalue weighted by Crippen LogP contribution is -2.26. The molecule has 0 saturated carbocycles. The maximum absolute atomic E-state index is 12.9. The van der Waals surface area contributed by atoms with Crippen LogP contribution in [0.2, 0.25) is 0 Å². The summed E-state index contributed by atoms with van der Waals surface area (Å²) in [4.78, 5) is 29.0. The van der Waals surface area contributed by atoms with Gasteiger partial charge in [0.2, 0.25) is 5.91 Å². The van der Waals surface area contributed by atoms with Gasteiger partial charge in [0.05, 0.1) is 17.2 Å². The molecule has 2 aliphatic rings. The summed E-state index contributed by atoms with van der Waals surface area (Å²) in [6.07, 6.45) is 6.32. The highest BCUT2D eigenvalue weighted by atomic mass is 32.2. The van der Waals surface area contributed by atoms with E-state index in [1.54, 1.807) is 6.21 Å². The van der Waals surface area contributed by atoms with Crippen LogP contribution >= 0.6 is 11.8 Å². The first-order valence-electron chi connectivity index (χ1n) is 12.6. The Bertz CT molecular complexity index is 1550. The van der Waals surface area contributed by atoms with E-state index in [0.29, 0.717) is 10.7 Å². The summed E-state index contributed by atoms with van der Waals surface area (Å²) in [5, 5.41) is 12.3. The van der Waals surface area contributed by atoms with Crippen molar-refractivity contribution >= 4 is 45.7 Å². The lowest BCUT2D eigenvalue weighted by molar-refractivity contribution is -0.118. The van der Waals surface area contributed by atoms with E-state index in [0.717, 1.165) is 47.0 Å². The summed E-state index contributed by atoms with van der Waals surface area (Å²) in [7, 11) is 0. The van der Waals surface area contributed by atoms with Crippen molar-refractivity contribution in [2.75, 3.05) is 0 Å². The first kappa shape index (κ1) is 23.4. The molecule has 7 heteroatoms. The molecule has 1 aliphatic carbocycles. The van der Waals surface area contributed by atoms with Gasteiger partial charge >= 0.3 is 0 Å². The van der Waals surface area contributed by atoms with Gasteiger partial charge in [0.1, 0.15) is 0 Å². The largest absolute Gasteiger partial charge is 0.354 e. The second-order valence-electron chi connectivity index (χ2n) is 9.39. The maximum atomic E-state index is 12.9. The number of ketones is 1. The van der Waals surface area contributed by atoms with Gasteiger partial charge in [-0.3, -0.25) is 9.59 Å². The lowest BCUT2D eigenvalue weighted by Gasteiger charge is -2.16. The summed E-state index contributed by atoms with van der Waals surface area (Å²) in [5.74, 6) is -0.223. The van der Waals surface area contributed by atoms with Crippen LogP contribution in [0.1, 0.15) is 46.3 Å². The number of benzene rings is 3. The number of aromatic amines is 1. The van der Waals surface area contributed by atoms with Gasteiger partial charge in [-0.2, -0.15) is 5.10 Å². The highest BCUT2D eigenvalue weighted by molar-refractivity contribution is 8.15. The third-order valence-corrected chi connectivity index (χ3v) is 8.03. The number of thioether (sulfide) groups is 1. The third-order valence-electron chi connectivity index (χ3n) is 6.96. The summed E-state index contributed by atoms with van der Waals surface area (Å²) in [6.45, 7) is 0. The number of para-hydroxylation sites is 1. The summed E-state index contributed by atoms with van der Waals surface area (Å²) >= 11 is 1.26. The van der Waals surface area contributed by atoms with Crippen LogP contribution in [-0.4, -0.2) is 33.3 Å². The van der Waals surface area contributed by atoms with Gasteiger partial charge < -0.3 is 10.3 Å². The van der Waals surface area contributed by atoms with Crippen LogP contribution in [0.25, 0.3) is 22.2 Å². The second-order valence-corrected chi connectivity index (χ2v) is 10.6. The number of aromatic nitrogens is 1. The number of fused-ring (bicyclic) bond motifs is 2. The summed E-state index contributed by atoms with van der Waals surface area (Å²) in [5.41, 5.74) is 7.25. The predicted octanol–water partition coefficient (Wildman–Crippen LogP) is 5.91. The summed E-state index contributed by atoms with van der Waals surface area (Å²) < 4.78 is 0. The topological polar surface area (TPSA) is 86.7 Å². The Hall–Kier alpha value is -3.97. The van der Waals surface area contributed by atoms with Crippen LogP contribution in [0.5, 0.6) is 0 Å². The highest BCUT2D eigenvalue weighted by Gasteiger charge is 2.32. The number of hydrogen-bond acceptors (Lipinski definition) is 5. The van der Waals surface area contributed by atoms with Crippen LogP contribution in [0, 0.1) is 0 Å². The maximum Gasteiger partial charge on any atom is 0.240 e. The highest BCUT2D eigenvalue weighted by Crippen LogP contribution is 2.30. The van der Waals surface area contributed by atoms with Crippen molar-refractivity contribution in [2.45, 2.75) is 37.4 Å². The van der Waals surface area contributed by atoms with E-state index < -0.39 is 5.25 Å². The molecule has 37 heavy (non-hydrogen) atoms. The molecular formula is C30H26N4O2S. The van der Waals surface area contributed by atoms with Crippen molar-refractivity contribution in [3.05, 3.63) is 95.1 Å². The number of aryl methyl sites for hydroxylation is 2. The molecule has 4 aromatic rings. The molecule has 1 amide bonds. The molecule has 184 valence electrons. The molecule has 0 radical (unpaired) electrons. The molecule has 1 atom stereocenters. The van der Waals surface area contributed by atoms with Crippen molar-refractivity contribution in [3.8, 4) is 11.3 Å². The number of amidine groups is 1. The van der Waals surface area contributed by atoms with Gasteiger partial charge in [-0.05, 0) is 54.5 Å². The van der Waals surface area contributed by atoms with Gasteiger partial charge in [-0.15, -0.1) is 5.10 Å². The Morgan fingerprint density at radius 2 is 1.76 bits per heavy atom. The molecule has 3 aromatic carbocycles. The molecule has 1 fully saturated rings. The second kappa shape index (κ2) is 10.2. The van der Waals surface area contributed by atoms with Gasteiger partial charge in [-0.1, -0.05) is 72.4 Å². The van der Waals surface area contributed by atoms with E-state index in [9.17, 15) is 9.59 Å². The predicted molar refractivity (Wildman–Crippen MR) is 150 cm³/mol. The smallest absolute Gasteiger partial charge is 0.240 e. The number of nitrogens with zero attached hydrogens (tertiary/aromatic N) is 2. The number of rotatable bonds is 6. The minimum atomic E-state index is -0.509. The monoisotopic (exact) mass is 506 g/mol. The molecule has 0 spiro atoms. The van der Waals surface area contributed by atoms with Gasteiger partial charge in [0, 0.05) is 28.5 Å². The zero-order valence-corrected chi connectivity index (χ0v) is 21.1. The fourth-order valence-corrected chi connectivity index (χ4v) is 5.97. The van der Waals surface area contributed by atoms with E-state index in [1.165, 1.54) is 29.3 Å². The average molecular weight is 507 g/mol. The van der Waals surface area contributed by atoms with Gasteiger partial charge in [0.15, 0.2) is 11.0 Å². The molecule has 2 N–H and O–H groups in total. The Morgan fingerprint density at radius 1 is 0.973 bits per heavy atom. The van der Waals surface area contributed by atoms with E-state index in [2.05, 4.69) is 26.6 Å². The van der Waals surface area contributed by atoms with E-state index in [-0.39, 0.29) is 18.1 Å². The Morgan fingerprint density at radius 3 is 2.62 bits per heavy atom. The molecule has 1 aliphatic heterocycles. The van der Waals surface area contributed by atoms with Crippen molar-refractivity contribution in [1.29, 1.82) is 0 Å². The van der Waals surface area contributed by atoms with Crippen LogP contribution in [0.3, 0.4) is 0 Å².